The first-order chi connectivity index (χ1) is 9.58. The van der Waals surface area contributed by atoms with Gasteiger partial charge in [0, 0.05) is 16.6 Å². The SMILES string of the molecule is CN(C1CCc2cc(Br)ccc21)C1COCC1C(=O)O. The van der Waals surface area contributed by atoms with Crippen LogP contribution in [-0.4, -0.2) is 42.3 Å². The molecule has 3 unspecified atom stereocenters. The fourth-order valence-electron chi connectivity index (χ4n) is 3.40. The Morgan fingerprint density at radius 2 is 2.25 bits per heavy atom. The number of aliphatic carboxylic acids is 1. The van der Waals surface area contributed by atoms with E-state index < -0.39 is 11.9 Å². The van der Waals surface area contributed by atoms with Crippen LogP contribution in [0.1, 0.15) is 23.6 Å². The summed E-state index contributed by atoms with van der Waals surface area (Å²) >= 11 is 3.51. The van der Waals surface area contributed by atoms with Gasteiger partial charge in [0.2, 0.25) is 0 Å². The van der Waals surface area contributed by atoms with Crippen molar-refractivity contribution in [2.24, 2.45) is 5.92 Å². The standard InChI is InChI=1S/C15H18BrNO3/c1-17(14-8-20-7-12(14)15(18)19)13-5-2-9-6-10(16)3-4-11(9)13/h3-4,6,12-14H,2,5,7-8H2,1H3,(H,18,19). The predicted octanol–water partition coefficient (Wildman–Crippen LogP) is 2.47. The minimum atomic E-state index is -0.756. The second kappa shape index (κ2) is 5.47. The fraction of sp³-hybridized carbons (Fsp3) is 0.533. The number of aryl methyl sites for hydroxylation is 1. The van der Waals surface area contributed by atoms with Gasteiger partial charge in [0.15, 0.2) is 0 Å². The highest BCUT2D eigenvalue weighted by Gasteiger charge is 2.40. The molecule has 0 bridgehead atoms. The van der Waals surface area contributed by atoms with Crippen LogP contribution in [0.4, 0.5) is 0 Å². The molecule has 4 nitrogen and oxygen atoms in total. The average Bonchev–Trinajstić information content (AvgIpc) is 3.03. The summed E-state index contributed by atoms with van der Waals surface area (Å²) in [6.07, 6.45) is 2.10. The largest absolute Gasteiger partial charge is 0.481 e. The third kappa shape index (κ3) is 2.38. The van der Waals surface area contributed by atoms with Crippen molar-refractivity contribution in [3.63, 3.8) is 0 Å². The van der Waals surface area contributed by atoms with Crippen molar-refractivity contribution >= 4 is 21.9 Å². The van der Waals surface area contributed by atoms with Crippen LogP contribution in [0.25, 0.3) is 0 Å². The first-order valence-corrected chi connectivity index (χ1v) is 7.68. The number of hydrogen-bond acceptors (Lipinski definition) is 3. The van der Waals surface area contributed by atoms with Gasteiger partial charge in [-0.05, 0) is 43.1 Å². The molecular weight excluding hydrogens is 322 g/mol. The molecule has 2 aliphatic rings. The van der Waals surface area contributed by atoms with Crippen LogP contribution in [0.15, 0.2) is 22.7 Å². The maximum Gasteiger partial charge on any atom is 0.310 e. The van der Waals surface area contributed by atoms with Crippen molar-refractivity contribution in [3.8, 4) is 0 Å². The Morgan fingerprint density at radius 3 is 3.00 bits per heavy atom. The van der Waals surface area contributed by atoms with Gasteiger partial charge in [0.1, 0.15) is 0 Å². The Hall–Kier alpha value is -0.910. The Morgan fingerprint density at radius 1 is 1.45 bits per heavy atom. The van der Waals surface area contributed by atoms with Crippen molar-refractivity contribution in [2.45, 2.75) is 24.9 Å². The number of fused-ring (bicyclic) bond motifs is 1. The summed E-state index contributed by atoms with van der Waals surface area (Å²) in [7, 11) is 2.02. The number of carbonyl (C=O) groups is 1. The van der Waals surface area contributed by atoms with Crippen molar-refractivity contribution < 1.29 is 14.6 Å². The Bertz CT molecular complexity index is 534. The lowest BCUT2D eigenvalue weighted by Crippen LogP contribution is -2.42. The van der Waals surface area contributed by atoms with Crippen molar-refractivity contribution in [1.82, 2.24) is 4.90 Å². The van der Waals surface area contributed by atoms with E-state index in [1.165, 1.54) is 11.1 Å². The smallest absolute Gasteiger partial charge is 0.310 e. The van der Waals surface area contributed by atoms with Gasteiger partial charge < -0.3 is 9.84 Å². The zero-order valence-electron chi connectivity index (χ0n) is 11.4. The van der Waals surface area contributed by atoms with Gasteiger partial charge in [-0.1, -0.05) is 22.0 Å². The molecule has 3 rings (SSSR count). The number of rotatable bonds is 3. The molecule has 108 valence electrons. The minimum absolute atomic E-state index is 0.0351. The van der Waals surface area contributed by atoms with E-state index in [1.54, 1.807) is 0 Å². The molecule has 1 N–H and O–H groups in total. The first kappa shape index (κ1) is 14.0. The highest BCUT2D eigenvalue weighted by Crippen LogP contribution is 2.39. The van der Waals surface area contributed by atoms with Crippen molar-refractivity contribution in [1.29, 1.82) is 0 Å². The molecule has 5 heteroatoms. The summed E-state index contributed by atoms with van der Waals surface area (Å²) in [6.45, 7) is 0.833. The number of carboxylic acid groups (broad SMARTS) is 1. The highest BCUT2D eigenvalue weighted by atomic mass is 79.9. The maximum absolute atomic E-state index is 11.3. The van der Waals surface area contributed by atoms with Crippen LogP contribution >= 0.6 is 15.9 Å². The molecule has 1 aliphatic heterocycles. The third-order valence-corrected chi connectivity index (χ3v) is 5.03. The van der Waals surface area contributed by atoms with Gasteiger partial charge in [-0.3, -0.25) is 9.69 Å². The molecule has 0 saturated carbocycles. The minimum Gasteiger partial charge on any atom is -0.481 e. The fourth-order valence-corrected chi connectivity index (χ4v) is 3.81. The topological polar surface area (TPSA) is 49.8 Å². The van der Waals surface area contributed by atoms with Crippen LogP contribution in [0, 0.1) is 5.92 Å². The van der Waals surface area contributed by atoms with E-state index in [-0.39, 0.29) is 6.04 Å². The lowest BCUT2D eigenvalue weighted by Gasteiger charge is -2.32. The van der Waals surface area contributed by atoms with Gasteiger partial charge in [0.05, 0.1) is 19.1 Å². The quantitative estimate of drug-likeness (QED) is 0.918. The molecule has 3 atom stereocenters. The van der Waals surface area contributed by atoms with Gasteiger partial charge >= 0.3 is 5.97 Å². The van der Waals surface area contributed by atoms with E-state index in [0.717, 1.165) is 17.3 Å². The molecule has 0 amide bonds. The second-order valence-electron chi connectivity index (χ2n) is 5.61. The summed E-state index contributed by atoms with van der Waals surface area (Å²) in [6, 6.07) is 6.64. The number of halogens is 1. The second-order valence-corrected chi connectivity index (χ2v) is 6.53. The van der Waals surface area contributed by atoms with Gasteiger partial charge in [0.25, 0.3) is 0 Å². The van der Waals surface area contributed by atoms with Crippen LogP contribution in [0.3, 0.4) is 0 Å². The van der Waals surface area contributed by atoms with E-state index in [9.17, 15) is 9.90 Å². The number of hydrogen-bond donors (Lipinski definition) is 1. The first-order valence-electron chi connectivity index (χ1n) is 6.88. The van der Waals surface area contributed by atoms with Crippen LogP contribution in [0.2, 0.25) is 0 Å². The van der Waals surface area contributed by atoms with Gasteiger partial charge in [-0.15, -0.1) is 0 Å². The van der Waals surface area contributed by atoms with Gasteiger partial charge in [-0.2, -0.15) is 0 Å². The maximum atomic E-state index is 11.3. The molecule has 1 aromatic carbocycles. The Balaban J connectivity index is 1.83. The third-order valence-electron chi connectivity index (χ3n) is 4.53. The molecular formula is C15H18BrNO3. The summed E-state index contributed by atoms with van der Waals surface area (Å²) in [5.74, 6) is -1.17. The van der Waals surface area contributed by atoms with E-state index in [1.807, 2.05) is 7.05 Å². The molecule has 1 aromatic rings. The zero-order chi connectivity index (χ0) is 14.3. The molecule has 1 aliphatic carbocycles. The molecule has 1 fully saturated rings. The predicted molar refractivity (Wildman–Crippen MR) is 78.7 cm³/mol. The molecule has 1 heterocycles. The number of nitrogens with zero attached hydrogens (tertiary/aromatic N) is 1. The summed E-state index contributed by atoms with van der Waals surface area (Å²) in [5, 5.41) is 9.29. The summed E-state index contributed by atoms with van der Waals surface area (Å²) < 4.78 is 6.49. The lowest BCUT2D eigenvalue weighted by atomic mass is 9.99. The van der Waals surface area contributed by atoms with E-state index in [0.29, 0.717) is 19.3 Å². The Labute approximate surface area is 126 Å². The monoisotopic (exact) mass is 339 g/mol. The van der Waals surface area contributed by atoms with E-state index >= 15 is 0 Å². The van der Waals surface area contributed by atoms with Crippen molar-refractivity contribution in [3.05, 3.63) is 33.8 Å². The normalized spacial score (nSPS) is 28.9. The average molecular weight is 340 g/mol. The number of ether oxygens (including phenoxy) is 1. The van der Waals surface area contributed by atoms with Crippen molar-refractivity contribution in [2.75, 3.05) is 20.3 Å². The highest BCUT2D eigenvalue weighted by molar-refractivity contribution is 9.10. The van der Waals surface area contributed by atoms with Crippen LogP contribution < -0.4 is 0 Å². The lowest BCUT2D eigenvalue weighted by molar-refractivity contribution is -0.143. The van der Waals surface area contributed by atoms with Crippen LogP contribution in [0.5, 0.6) is 0 Å². The van der Waals surface area contributed by atoms with E-state index in [2.05, 4.69) is 39.0 Å². The molecule has 0 spiro atoms. The number of likely N-dealkylation sites (N-methyl/N-ethyl adjacent to an activating group) is 1. The van der Waals surface area contributed by atoms with Crippen LogP contribution in [-0.2, 0) is 16.0 Å². The molecule has 1 saturated heterocycles. The summed E-state index contributed by atoms with van der Waals surface area (Å²) in [4.78, 5) is 13.5. The molecule has 0 radical (unpaired) electrons. The summed E-state index contributed by atoms with van der Waals surface area (Å²) in [5.41, 5.74) is 2.69. The van der Waals surface area contributed by atoms with Gasteiger partial charge in [-0.25, -0.2) is 0 Å². The molecule has 0 aromatic heterocycles. The number of carboxylic acids is 1. The zero-order valence-corrected chi connectivity index (χ0v) is 13.0. The number of benzene rings is 1. The Kier molecular flexibility index (Phi) is 3.84. The molecule has 20 heavy (non-hydrogen) atoms. The van der Waals surface area contributed by atoms with E-state index in [4.69, 9.17) is 4.74 Å².